The summed E-state index contributed by atoms with van der Waals surface area (Å²) < 4.78 is 0. The molecule has 0 aromatic carbocycles. The molecule has 0 aromatic rings. The first kappa shape index (κ1) is 14.8. The Labute approximate surface area is 82.1 Å². The first-order valence-electron chi connectivity index (χ1n) is 4.70. The van der Waals surface area contributed by atoms with Crippen molar-refractivity contribution in [2.24, 2.45) is 0 Å². The largest absolute Gasteiger partial charge is 0.393 e. The lowest BCUT2D eigenvalue weighted by atomic mass is 10.1. The third kappa shape index (κ3) is 22.5. The van der Waals surface area contributed by atoms with Crippen LogP contribution in [-0.2, 0) is 0 Å². The summed E-state index contributed by atoms with van der Waals surface area (Å²) in [5, 5.41) is 8.80. The summed E-state index contributed by atoms with van der Waals surface area (Å²) >= 11 is 5.77. The minimum Gasteiger partial charge on any atom is -0.393 e. The van der Waals surface area contributed by atoms with Crippen molar-refractivity contribution in [1.82, 2.24) is 0 Å². The summed E-state index contributed by atoms with van der Waals surface area (Å²) in [6.07, 6.45) is 3.00. The van der Waals surface area contributed by atoms with Gasteiger partial charge in [0, 0.05) is 4.87 Å². The van der Waals surface area contributed by atoms with Crippen molar-refractivity contribution in [3.63, 3.8) is 0 Å². The highest BCUT2D eigenvalue weighted by Gasteiger charge is 2.15. The van der Waals surface area contributed by atoms with Crippen LogP contribution in [0.3, 0.4) is 0 Å². The summed E-state index contributed by atoms with van der Waals surface area (Å²) in [6.45, 7) is 9.88. The molecule has 1 nitrogen and oxygen atoms in total. The molecule has 0 saturated heterocycles. The Morgan fingerprint density at radius 3 is 1.58 bits per heavy atom. The average Bonchev–Trinajstić information content (AvgIpc) is 1.83. The van der Waals surface area contributed by atoms with Gasteiger partial charge in [-0.15, -0.1) is 11.6 Å². The van der Waals surface area contributed by atoms with Crippen LogP contribution in [0.25, 0.3) is 0 Å². The first-order valence-corrected chi connectivity index (χ1v) is 5.08. The zero-order chi connectivity index (χ0) is 10.2. The molecule has 0 saturated carbocycles. The lowest BCUT2D eigenvalue weighted by Gasteiger charge is -2.16. The number of halogens is 1. The van der Waals surface area contributed by atoms with Crippen LogP contribution >= 0.6 is 11.6 Å². The maximum absolute atomic E-state index is 8.80. The predicted octanol–water partition coefficient (Wildman–Crippen LogP) is 3.58. The molecule has 1 atom stereocenters. The van der Waals surface area contributed by atoms with E-state index in [-0.39, 0.29) is 11.0 Å². The van der Waals surface area contributed by atoms with E-state index in [1.54, 1.807) is 6.92 Å². The Kier molecular flexibility index (Phi) is 9.69. The molecule has 0 aliphatic heterocycles. The molecule has 0 rings (SSSR count). The Hall–Kier alpha value is 0.250. The maximum Gasteiger partial charge on any atom is 0.0528 e. The van der Waals surface area contributed by atoms with Crippen molar-refractivity contribution in [1.29, 1.82) is 0 Å². The number of unbranched alkanes of at least 4 members (excludes halogenated alkanes) is 1. The minimum absolute atomic E-state index is 0.256. The normalized spacial score (nSPS) is 13.2. The van der Waals surface area contributed by atoms with Gasteiger partial charge >= 0.3 is 0 Å². The highest BCUT2D eigenvalue weighted by molar-refractivity contribution is 6.23. The second-order valence-corrected chi connectivity index (χ2v) is 4.80. The Morgan fingerprint density at radius 2 is 1.58 bits per heavy atom. The molecule has 76 valence electrons. The van der Waals surface area contributed by atoms with Crippen LogP contribution in [0.1, 0.15) is 53.9 Å². The van der Waals surface area contributed by atoms with Crippen molar-refractivity contribution in [3.8, 4) is 0 Å². The van der Waals surface area contributed by atoms with E-state index in [9.17, 15) is 0 Å². The number of hydrogen-bond donors (Lipinski definition) is 1. The summed E-state index contributed by atoms with van der Waals surface area (Å²) in [4.78, 5) is -0.256. The van der Waals surface area contributed by atoms with Crippen LogP contribution in [0.2, 0.25) is 0 Å². The van der Waals surface area contributed by atoms with Crippen LogP contribution in [0.4, 0.5) is 0 Å². The molecular formula is C10H23ClO. The van der Waals surface area contributed by atoms with Gasteiger partial charge in [0.15, 0.2) is 0 Å². The summed E-state index contributed by atoms with van der Waals surface area (Å²) in [6, 6.07) is 0. The van der Waals surface area contributed by atoms with Gasteiger partial charge < -0.3 is 5.11 Å². The van der Waals surface area contributed by atoms with Gasteiger partial charge in [0.05, 0.1) is 6.10 Å². The monoisotopic (exact) mass is 194 g/mol. The van der Waals surface area contributed by atoms with Crippen molar-refractivity contribution < 1.29 is 5.11 Å². The Bertz CT molecular complexity index is 82.3. The fraction of sp³-hybridized carbons (Fsp3) is 1.00. The van der Waals surface area contributed by atoms with Crippen molar-refractivity contribution in [3.05, 3.63) is 0 Å². The van der Waals surface area contributed by atoms with E-state index in [0.717, 1.165) is 0 Å². The first-order chi connectivity index (χ1) is 5.33. The molecule has 0 aliphatic rings. The van der Waals surface area contributed by atoms with Gasteiger partial charge in [-0.2, -0.15) is 0 Å². The molecule has 0 fully saturated rings. The zero-order valence-electron chi connectivity index (χ0n) is 9.02. The second kappa shape index (κ2) is 7.88. The van der Waals surface area contributed by atoms with Gasteiger partial charge in [0.2, 0.25) is 0 Å². The molecule has 2 heteroatoms. The molecule has 0 amide bonds. The van der Waals surface area contributed by atoms with E-state index in [4.69, 9.17) is 16.7 Å². The Morgan fingerprint density at radius 1 is 1.25 bits per heavy atom. The van der Waals surface area contributed by atoms with Crippen molar-refractivity contribution >= 4 is 11.6 Å². The van der Waals surface area contributed by atoms with E-state index in [0.29, 0.717) is 6.42 Å². The maximum atomic E-state index is 8.80. The van der Waals surface area contributed by atoms with Crippen LogP contribution in [0.15, 0.2) is 0 Å². The van der Waals surface area contributed by atoms with Crippen LogP contribution in [0.5, 0.6) is 0 Å². The van der Waals surface area contributed by atoms with E-state index in [1.165, 1.54) is 12.8 Å². The fourth-order valence-electron chi connectivity index (χ4n) is 0.702. The third-order valence-corrected chi connectivity index (χ3v) is 1.44. The molecule has 0 heterocycles. The molecule has 0 aliphatic carbocycles. The lowest BCUT2D eigenvalue weighted by Crippen LogP contribution is -2.17. The van der Waals surface area contributed by atoms with Crippen LogP contribution < -0.4 is 0 Å². The standard InChI is InChI=1S/C6H13ClO.C4H10/c1-5(8)4-6(2,3)7;1-3-4-2/h5,8H,4H2,1-3H3;3-4H2,1-2H3. The summed E-state index contributed by atoms with van der Waals surface area (Å²) in [5.74, 6) is 0. The Balaban J connectivity index is 0. The fourth-order valence-corrected chi connectivity index (χ4v) is 0.926. The van der Waals surface area contributed by atoms with E-state index >= 15 is 0 Å². The topological polar surface area (TPSA) is 20.2 Å². The van der Waals surface area contributed by atoms with Gasteiger partial charge in [-0.25, -0.2) is 0 Å². The molecule has 1 N–H and O–H groups in total. The van der Waals surface area contributed by atoms with Gasteiger partial charge in [-0.05, 0) is 27.2 Å². The van der Waals surface area contributed by atoms with Crippen molar-refractivity contribution in [2.45, 2.75) is 64.9 Å². The number of aliphatic hydroxyl groups excluding tert-OH is 1. The number of rotatable bonds is 3. The van der Waals surface area contributed by atoms with Crippen LogP contribution in [-0.4, -0.2) is 16.1 Å². The molecule has 0 bridgehead atoms. The zero-order valence-corrected chi connectivity index (χ0v) is 9.78. The highest BCUT2D eigenvalue weighted by atomic mass is 35.5. The molecule has 0 radical (unpaired) electrons. The van der Waals surface area contributed by atoms with Crippen molar-refractivity contribution in [2.75, 3.05) is 0 Å². The number of hydrogen-bond acceptors (Lipinski definition) is 1. The predicted molar refractivity (Wildman–Crippen MR) is 56.8 cm³/mol. The SMILES string of the molecule is CC(O)CC(C)(C)Cl.CCCC. The van der Waals surface area contributed by atoms with E-state index in [2.05, 4.69) is 13.8 Å². The summed E-state index contributed by atoms with van der Waals surface area (Å²) in [7, 11) is 0. The van der Waals surface area contributed by atoms with Crippen LogP contribution in [0, 0.1) is 0 Å². The smallest absolute Gasteiger partial charge is 0.0528 e. The van der Waals surface area contributed by atoms with Gasteiger partial charge in [-0.1, -0.05) is 26.7 Å². The van der Waals surface area contributed by atoms with Gasteiger partial charge in [0.1, 0.15) is 0 Å². The van der Waals surface area contributed by atoms with Gasteiger partial charge in [-0.3, -0.25) is 0 Å². The molecule has 0 spiro atoms. The quantitative estimate of drug-likeness (QED) is 0.681. The average molecular weight is 195 g/mol. The minimum atomic E-state index is -0.289. The third-order valence-electron chi connectivity index (χ3n) is 1.28. The number of aliphatic hydroxyl groups is 1. The highest BCUT2D eigenvalue weighted by Crippen LogP contribution is 2.18. The van der Waals surface area contributed by atoms with E-state index < -0.39 is 0 Å². The molecule has 0 aromatic heterocycles. The second-order valence-electron chi connectivity index (χ2n) is 3.77. The lowest BCUT2D eigenvalue weighted by molar-refractivity contribution is 0.173. The van der Waals surface area contributed by atoms with E-state index in [1.807, 2.05) is 13.8 Å². The molecular weight excluding hydrogens is 172 g/mol. The number of alkyl halides is 1. The van der Waals surface area contributed by atoms with Gasteiger partial charge in [0.25, 0.3) is 0 Å². The molecule has 12 heavy (non-hydrogen) atoms. The summed E-state index contributed by atoms with van der Waals surface area (Å²) in [5.41, 5.74) is 0. The molecule has 1 unspecified atom stereocenters.